The van der Waals surface area contributed by atoms with Gasteiger partial charge in [-0.25, -0.2) is 0 Å². The summed E-state index contributed by atoms with van der Waals surface area (Å²) >= 11 is 0. The molecule has 16 heavy (non-hydrogen) atoms. The van der Waals surface area contributed by atoms with Crippen molar-refractivity contribution < 1.29 is 0 Å². The topological polar surface area (TPSA) is 24.9 Å². The van der Waals surface area contributed by atoms with Crippen molar-refractivity contribution in [3.63, 3.8) is 0 Å². The average Bonchev–Trinajstić information content (AvgIpc) is 2.27. The third kappa shape index (κ3) is 4.75. The van der Waals surface area contributed by atoms with Crippen molar-refractivity contribution in [1.29, 1.82) is 0 Å². The Morgan fingerprint density at radius 1 is 1.06 bits per heavy atom. The van der Waals surface area contributed by atoms with Crippen LogP contribution in [0.15, 0.2) is 24.5 Å². The van der Waals surface area contributed by atoms with Crippen LogP contribution in [0.4, 0.5) is 0 Å². The summed E-state index contributed by atoms with van der Waals surface area (Å²) in [5.41, 5.74) is 1.31. The second-order valence-corrected chi connectivity index (χ2v) is 5.04. The molecule has 0 aliphatic carbocycles. The molecule has 0 aliphatic rings. The number of nitrogens with zero attached hydrogens (tertiary/aromatic N) is 1. The molecule has 1 heterocycles. The Balaban J connectivity index is 2.36. The van der Waals surface area contributed by atoms with Crippen LogP contribution in [0.1, 0.15) is 52.1 Å². The zero-order valence-electron chi connectivity index (χ0n) is 10.9. The van der Waals surface area contributed by atoms with Gasteiger partial charge in [0, 0.05) is 24.5 Å². The highest BCUT2D eigenvalue weighted by molar-refractivity contribution is 5.14. The van der Waals surface area contributed by atoms with Crippen LogP contribution in [-0.2, 0) is 0 Å². The lowest BCUT2D eigenvalue weighted by Gasteiger charge is -2.20. The maximum Gasteiger partial charge on any atom is 0.0295 e. The third-order valence-corrected chi connectivity index (χ3v) is 2.92. The van der Waals surface area contributed by atoms with Gasteiger partial charge >= 0.3 is 0 Å². The maximum absolute atomic E-state index is 4.04. The van der Waals surface area contributed by atoms with Crippen LogP contribution in [0, 0.1) is 5.92 Å². The van der Waals surface area contributed by atoms with Crippen LogP contribution in [0.3, 0.4) is 0 Å². The average molecular weight is 220 g/mol. The molecule has 0 aromatic carbocycles. The van der Waals surface area contributed by atoms with Crippen molar-refractivity contribution in [2.75, 3.05) is 0 Å². The van der Waals surface area contributed by atoms with Crippen molar-refractivity contribution >= 4 is 0 Å². The Hall–Kier alpha value is -0.890. The van der Waals surface area contributed by atoms with Gasteiger partial charge in [0.15, 0.2) is 0 Å². The zero-order valence-corrected chi connectivity index (χ0v) is 10.9. The van der Waals surface area contributed by atoms with E-state index < -0.39 is 0 Å². The van der Waals surface area contributed by atoms with Crippen LogP contribution in [-0.4, -0.2) is 11.0 Å². The van der Waals surface area contributed by atoms with Gasteiger partial charge in [0.1, 0.15) is 0 Å². The van der Waals surface area contributed by atoms with Crippen molar-refractivity contribution in [3.8, 4) is 0 Å². The molecule has 2 atom stereocenters. The molecule has 0 saturated carbocycles. The maximum atomic E-state index is 4.04. The molecule has 0 bridgehead atoms. The summed E-state index contributed by atoms with van der Waals surface area (Å²) in [6, 6.07) is 5.13. The third-order valence-electron chi connectivity index (χ3n) is 2.92. The van der Waals surface area contributed by atoms with E-state index in [9.17, 15) is 0 Å². The summed E-state index contributed by atoms with van der Waals surface area (Å²) in [4.78, 5) is 4.04. The Labute approximate surface area is 99.5 Å². The molecule has 1 aromatic rings. The number of pyridine rings is 1. The number of hydrogen-bond acceptors (Lipinski definition) is 2. The van der Waals surface area contributed by atoms with Gasteiger partial charge < -0.3 is 5.32 Å². The molecule has 0 aliphatic heterocycles. The summed E-state index contributed by atoms with van der Waals surface area (Å²) in [5, 5.41) is 3.62. The van der Waals surface area contributed by atoms with Gasteiger partial charge in [-0.05, 0) is 50.3 Å². The SMILES string of the molecule is CC(C)CCC(C)N[C@H](C)c1ccncc1. The Kier molecular flexibility index (Phi) is 5.47. The molecule has 0 radical (unpaired) electrons. The highest BCUT2D eigenvalue weighted by atomic mass is 14.9. The van der Waals surface area contributed by atoms with Crippen molar-refractivity contribution in [2.24, 2.45) is 5.92 Å². The van der Waals surface area contributed by atoms with E-state index in [0.29, 0.717) is 12.1 Å². The summed E-state index contributed by atoms with van der Waals surface area (Å²) in [6.07, 6.45) is 6.24. The van der Waals surface area contributed by atoms with Crippen molar-refractivity contribution in [1.82, 2.24) is 10.3 Å². The van der Waals surface area contributed by atoms with E-state index >= 15 is 0 Å². The second kappa shape index (κ2) is 6.64. The highest BCUT2D eigenvalue weighted by Crippen LogP contribution is 2.13. The molecule has 0 amide bonds. The van der Waals surface area contributed by atoms with E-state index in [4.69, 9.17) is 0 Å². The predicted molar refractivity (Wildman–Crippen MR) is 69.3 cm³/mol. The molecule has 1 N–H and O–H groups in total. The molecule has 1 aromatic heterocycles. The van der Waals surface area contributed by atoms with E-state index in [1.807, 2.05) is 12.4 Å². The molecule has 0 spiro atoms. The lowest BCUT2D eigenvalue weighted by Crippen LogP contribution is -2.29. The molecule has 90 valence electrons. The summed E-state index contributed by atoms with van der Waals surface area (Å²) in [5.74, 6) is 0.792. The fourth-order valence-corrected chi connectivity index (χ4v) is 1.84. The Morgan fingerprint density at radius 2 is 1.69 bits per heavy atom. The lowest BCUT2D eigenvalue weighted by atomic mass is 10.0. The smallest absolute Gasteiger partial charge is 0.0295 e. The first-order chi connectivity index (χ1) is 7.59. The minimum Gasteiger partial charge on any atom is -0.308 e. The van der Waals surface area contributed by atoms with Gasteiger partial charge in [-0.1, -0.05) is 13.8 Å². The second-order valence-electron chi connectivity index (χ2n) is 5.04. The summed E-state index contributed by atoms with van der Waals surface area (Å²) in [6.45, 7) is 9.03. The standard InChI is InChI=1S/C14H24N2/c1-11(2)5-6-12(3)16-13(4)14-7-9-15-10-8-14/h7-13,16H,5-6H2,1-4H3/t12?,13-/m1/s1. The van der Waals surface area contributed by atoms with E-state index in [1.165, 1.54) is 18.4 Å². The first-order valence-corrected chi connectivity index (χ1v) is 6.25. The van der Waals surface area contributed by atoms with Crippen LogP contribution in [0.25, 0.3) is 0 Å². The molecular weight excluding hydrogens is 196 g/mol. The van der Waals surface area contributed by atoms with Crippen LogP contribution in [0.5, 0.6) is 0 Å². The van der Waals surface area contributed by atoms with E-state index in [2.05, 4.69) is 50.1 Å². The number of nitrogens with one attached hydrogen (secondary N) is 1. The first-order valence-electron chi connectivity index (χ1n) is 6.25. The van der Waals surface area contributed by atoms with Crippen molar-refractivity contribution in [2.45, 2.75) is 52.6 Å². The highest BCUT2D eigenvalue weighted by Gasteiger charge is 2.09. The molecular formula is C14H24N2. The zero-order chi connectivity index (χ0) is 12.0. The number of rotatable bonds is 6. The normalized spacial score (nSPS) is 15.1. The van der Waals surface area contributed by atoms with Gasteiger partial charge in [-0.2, -0.15) is 0 Å². The van der Waals surface area contributed by atoms with Gasteiger partial charge in [0.25, 0.3) is 0 Å². The number of hydrogen-bond donors (Lipinski definition) is 1. The minimum absolute atomic E-state index is 0.408. The predicted octanol–water partition coefficient (Wildman–Crippen LogP) is 3.56. The van der Waals surface area contributed by atoms with Gasteiger partial charge in [0.05, 0.1) is 0 Å². The van der Waals surface area contributed by atoms with E-state index in [0.717, 1.165) is 5.92 Å². The minimum atomic E-state index is 0.408. The fraction of sp³-hybridized carbons (Fsp3) is 0.643. The molecule has 1 rings (SSSR count). The quantitative estimate of drug-likeness (QED) is 0.793. The molecule has 2 heteroatoms. The Morgan fingerprint density at radius 3 is 2.25 bits per heavy atom. The van der Waals surface area contributed by atoms with E-state index in [1.54, 1.807) is 0 Å². The molecule has 1 unspecified atom stereocenters. The van der Waals surface area contributed by atoms with Crippen LogP contribution in [0.2, 0.25) is 0 Å². The fourth-order valence-electron chi connectivity index (χ4n) is 1.84. The van der Waals surface area contributed by atoms with E-state index in [-0.39, 0.29) is 0 Å². The van der Waals surface area contributed by atoms with Gasteiger partial charge in [-0.15, -0.1) is 0 Å². The van der Waals surface area contributed by atoms with Gasteiger partial charge in [0.2, 0.25) is 0 Å². The largest absolute Gasteiger partial charge is 0.308 e. The van der Waals surface area contributed by atoms with Crippen LogP contribution < -0.4 is 5.32 Å². The molecule has 2 nitrogen and oxygen atoms in total. The Bertz CT molecular complexity index is 282. The van der Waals surface area contributed by atoms with Crippen molar-refractivity contribution in [3.05, 3.63) is 30.1 Å². The molecule has 0 fully saturated rings. The van der Waals surface area contributed by atoms with Crippen LogP contribution >= 0.6 is 0 Å². The molecule has 0 saturated heterocycles. The summed E-state index contributed by atoms with van der Waals surface area (Å²) in [7, 11) is 0. The van der Waals surface area contributed by atoms with Gasteiger partial charge in [-0.3, -0.25) is 4.98 Å². The monoisotopic (exact) mass is 220 g/mol. The summed E-state index contributed by atoms with van der Waals surface area (Å²) < 4.78 is 0. The first kappa shape index (κ1) is 13.2. The number of aromatic nitrogens is 1. The lowest BCUT2D eigenvalue weighted by molar-refractivity contribution is 0.417.